The molecular weight excluding hydrogens is 196 g/mol. The Hall–Kier alpha value is -0.0000000000000000555. The van der Waals surface area contributed by atoms with Gasteiger partial charge in [-0.2, -0.15) is 0 Å². The zero-order valence-electron chi connectivity index (χ0n) is 7.33. The highest BCUT2D eigenvalue weighted by Gasteiger charge is 2.11. The molecule has 0 aromatic heterocycles. The van der Waals surface area contributed by atoms with E-state index in [0.29, 0.717) is 5.75 Å². The largest absolute Gasteiger partial charge is 0.369 e. The lowest BCUT2D eigenvalue weighted by molar-refractivity contribution is -0.110. The smallest absolute Gasteiger partial charge is 0.188 e. The Balaban J connectivity index is 3.67. The van der Waals surface area contributed by atoms with Gasteiger partial charge in [-0.15, -0.1) is 0 Å². The van der Waals surface area contributed by atoms with Gasteiger partial charge in [0.05, 0.1) is 0 Å². The van der Waals surface area contributed by atoms with Gasteiger partial charge in [0.25, 0.3) is 0 Å². The highest BCUT2D eigenvalue weighted by atomic mass is 32.2. The fourth-order valence-electron chi connectivity index (χ4n) is 0.521. The van der Waals surface area contributed by atoms with Gasteiger partial charge in [0, 0.05) is 26.7 Å². The van der Waals surface area contributed by atoms with Crippen molar-refractivity contribution in [2.24, 2.45) is 0 Å². The van der Waals surface area contributed by atoms with Gasteiger partial charge in [0.1, 0.15) is 5.44 Å². The zero-order valence-corrected chi connectivity index (χ0v) is 8.96. The predicted molar refractivity (Wildman–Crippen MR) is 52.2 cm³/mol. The Kier molecular flexibility index (Phi) is 6.51. The number of hydrogen-bond acceptors (Lipinski definition) is 5. The van der Waals surface area contributed by atoms with Crippen LogP contribution in [0.25, 0.3) is 0 Å². The quantitative estimate of drug-likeness (QED) is 0.655. The van der Waals surface area contributed by atoms with Crippen LogP contribution in [0.4, 0.5) is 0 Å². The molecule has 5 heteroatoms. The minimum absolute atomic E-state index is 0.00556. The molecule has 0 aromatic carbocycles. The molecule has 70 valence electrons. The van der Waals surface area contributed by atoms with Gasteiger partial charge in [-0.25, -0.2) is 0 Å². The number of thioether (sulfide) groups is 2. The van der Waals surface area contributed by atoms with E-state index < -0.39 is 0 Å². The van der Waals surface area contributed by atoms with Crippen molar-refractivity contribution >= 4 is 33.8 Å². The second-order valence-electron chi connectivity index (χ2n) is 2.08. The summed E-state index contributed by atoms with van der Waals surface area (Å²) in [6.07, 6.45) is 0. The molecule has 0 saturated heterocycles. The van der Waals surface area contributed by atoms with Crippen LogP contribution in [0.15, 0.2) is 0 Å². The molecular formula is C7H12O3S2. The molecule has 3 nitrogen and oxygen atoms in total. The Morgan fingerprint density at radius 1 is 1.33 bits per heavy atom. The fraction of sp³-hybridized carbons (Fsp3) is 0.714. The third-order valence-corrected chi connectivity index (χ3v) is 3.02. The van der Waals surface area contributed by atoms with Gasteiger partial charge in [0.2, 0.25) is 0 Å². The molecule has 0 fully saturated rings. The van der Waals surface area contributed by atoms with E-state index in [1.54, 1.807) is 0 Å². The molecule has 0 saturated carbocycles. The summed E-state index contributed by atoms with van der Waals surface area (Å²) in [7, 11) is 1.53. The highest BCUT2D eigenvalue weighted by Crippen LogP contribution is 2.17. The van der Waals surface area contributed by atoms with Crippen LogP contribution in [0.3, 0.4) is 0 Å². The number of carbonyl (C=O) groups is 2. The Labute approximate surface area is 80.6 Å². The molecule has 0 heterocycles. The molecule has 0 spiro atoms. The zero-order chi connectivity index (χ0) is 9.56. The minimum atomic E-state index is -0.212. The molecule has 0 aliphatic heterocycles. The van der Waals surface area contributed by atoms with E-state index in [9.17, 15) is 9.59 Å². The lowest BCUT2D eigenvalue weighted by Gasteiger charge is -2.10. The topological polar surface area (TPSA) is 43.4 Å². The van der Waals surface area contributed by atoms with Crippen LogP contribution in [0.1, 0.15) is 13.8 Å². The summed E-state index contributed by atoms with van der Waals surface area (Å²) in [5, 5.41) is 0.0483. The first-order valence-electron chi connectivity index (χ1n) is 3.39. The summed E-state index contributed by atoms with van der Waals surface area (Å²) in [5.74, 6) is 0.524. The monoisotopic (exact) mass is 208 g/mol. The van der Waals surface area contributed by atoms with E-state index >= 15 is 0 Å². The van der Waals surface area contributed by atoms with Crippen LogP contribution in [0.2, 0.25) is 0 Å². The molecule has 0 radical (unpaired) electrons. The lowest BCUT2D eigenvalue weighted by Crippen LogP contribution is -2.11. The van der Waals surface area contributed by atoms with Crippen molar-refractivity contribution in [3.8, 4) is 0 Å². The van der Waals surface area contributed by atoms with Gasteiger partial charge < -0.3 is 4.74 Å². The van der Waals surface area contributed by atoms with Crippen LogP contribution in [0.5, 0.6) is 0 Å². The maximum absolute atomic E-state index is 10.6. The van der Waals surface area contributed by atoms with Crippen molar-refractivity contribution in [2.75, 3.05) is 12.9 Å². The van der Waals surface area contributed by atoms with E-state index in [-0.39, 0.29) is 15.7 Å². The van der Waals surface area contributed by atoms with Crippen LogP contribution >= 0.6 is 23.5 Å². The second kappa shape index (κ2) is 6.51. The number of methoxy groups -OCH3 is 1. The van der Waals surface area contributed by atoms with Crippen LogP contribution < -0.4 is 0 Å². The molecule has 0 aromatic rings. The van der Waals surface area contributed by atoms with Crippen molar-refractivity contribution < 1.29 is 14.3 Å². The Morgan fingerprint density at radius 2 is 1.92 bits per heavy atom. The maximum Gasteiger partial charge on any atom is 0.188 e. The number of ether oxygens (including phenoxy) is 1. The van der Waals surface area contributed by atoms with Crippen molar-refractivity contribution in [3.63, 3.8) is 0 Å². The summed E-state index contributed by atoms with van der Waals surface area (Å²) in [6, 6.07) is 0. The van der Waals surface area contributed by atoms with E-state index in [4.69, 9.17) is 4.74 Å². The molecule has 0 N–H and O–H groups in total. The summed E-state index contributed by atoms with van der Waals surface area (Å²) in [4.78, 5) is 21.2. The van der Waals surface area contributed by atoms with Gasteiger partial charge in [0.15, 0.2) is 10.2 Å². The van der Waals surface area contributed by atoms with Crippen molar-refractivity contribution in [2.45, 2.75) is 19.3 Å². The van der Waals surface area contributed by atoms with E-state index in [1.807, 2.05) is 0 Å². The van der Waals surface area contributed by atoms with Crippen LogP contribution in [0, 0.1) is 0 Å². The standard InChI is InChI=1S/C7H12O3S2/c1-5(8)11-4-7(10-3)12-6(2)9/h7H,4H2,1-3H3. The van der Waals surface area contributed by atoms with Gasteiger partial charge in [-0.1, -0.05) is 23.5 Å². The molecule has 12 heavy (non-hydrogen) atoms. The molecule has 1 unspecified atom stereocenters. The summed E-state index contributed by atoms with van der Waals surface area (Å²) in [6.45, 7) is 2.98. The molecule has 0 bridgehead atoms. The fourth-order valence-corrected chi connectivity index (χ4v) is 1.97. The molecule has 0 rings (SSSR count). The first-order chi connectivity index (χ1) is 5.56. The van der Waals surface area contributed by atoms with Crippen molar-refractivity contribution in [1.29, 1.82) is 0 Å². The van der Waals surface area contributed by atoms with Gasteiger partial charge >= 0.3 is 0 Å². The number of hydrogen-bond donors (Lipinski definition) is 0. The normalized spacial score (nSPS) is 12.6. The third-order valence-electron chi connectivity index (χ3n) is 0.983. The summed E-state index contributed by atoms with van der Waals surface area (Å²) in [5.41, 5.74) is -0.212. The Morgan fingerprint density at radius 3 is 2.25 bits per heavy atom. The lowest BCUT2D eigenvalue weighted by atomic mass is 10.8. The average molecular weight is 208 g/mol. The van der Waals surface area contributed by atoms with Crippen LogP contribution in [-0.2, 0) is 14.3 Å². The first-order valence-corrected chi connectivity index (χ1v) is 5.26. The highest BCUT2D eigenvalue weighted by molar-refractivity contribution is 8.17. The molecule has 0 amide bonds. The second-order valence-corrected chi connectivity index (χ2v) is 4.61. The SMILES string of the molecule is COC(CSC(C)=O)SC(C)=O. The minimum Gasteiger partial charge on any atom is -0.369 e. The van der Waals surface area contributed by atoms with E-state index in [2.05, 4.69) is 0 Å². The van der Waals surface area contributed by atoms with E-state index in [0.717, 1.165) is 11.8 Å². The third kappa shape index (κ3) is 6.69. The predicted octanol–water partition coefficient (Wildman–Crippen LogP) is 1.52. The first kappa shape index (κ1) is 12.0. The van der Waals surface area contributed by atoms with Crippen molar-refractivity contribution in [3.05, 3.63) is 0 Å². The summed E-state index contributed by atoms with van der Waals surface area (Å²) >= 11 is 2.28. The molecule has 0 aliphatic carbocycles. The summed E-state index contributed by atoms with van der Waals surface area (Å²) < 4.78 is 4.98. The van der Waals surface area contributed by atoms with Gasteiger partial charge in [-0.3, -0.25) is 9.59 Å². The molecule has 0 aliphatic rings. The van der Waals surface area contributed by atoms with Crippen molar-refractivity contribution in [1.82, 2.24) is 0 Å². The average Bonchev–Trinajstić information content (AvgIpc) is 1.97. The van der Waals surface area contributed by atoms with E-state index in [1.165, 1.54) is 32.7 Å². The maximum atomic E-state index is 10.6. The number of carbonyl (C=O) groups excluding carboxylic acids is 2. The van der Waals surface area contributed by atoms with Gasteiger partial charge in [-0.05, 0) is 0 Å². The Bertz CT molecular complexity index is 170. The van der Waals surface area contributed by atoms with Crippen LogP contribution in [-0.4, -0.2) is 28.5 Å². The number of rotatable bonds is 4. The molecule has 1 atom stereocenters.